The standard InChI is InChI=1S/C15H33O7P2.Ba.H/c1-9-15(20-12(2)3)11-19-24(8,17)22-14(6)10-18-23(7,16)21-13(4)5;;/h12-15H,6,9-11H2,1-5,7-8H3;;/q-1;+2;-1. The molecule has 7 nitrogen and oxygen atoms in total. The van der Waals surface area contributed by atoms with Crippen molar-refractivity contribution in [3.05, 3.63) is 6.92 Å². The predicted octanol–water partition coefficient (Wildman–Crippen LogP) is 4.24. The monoisotopic (exact) mass is 526 g/mol. The van der Waals surface area contributed by atoms with Crippen molar-refractivity contribution in [2.45, 2.75) is 65.5 Å². The summed E-state index contributed by atoms with van der Waals surface area (Å²) in [5.74, 6) is 0. The van der Waals surface area contributed by atoms with Crippen LogP contribution in [-0.4, -0.2) is 99.8 Å². The molecule has 0 rings (SSSR count). The van der Waals surface area contributed by atoms with E-state index in [-0.39, 0.29) is 81.8 Å². The first-order valence-electron chi connectivity index (χ1n) is 8.16. The van der Waals surface area contributed by atoms with Crippen molar-refractivity contribution < 1.29 is 33.4 Å². The molecule has 4 unspecified atom stereocenters. The van der Waals surface area contributed by atoms with E-state index < -0.39 is 21.3 Å². The van der Waals surface area contributed by atoms with Gasteiger partial charge in [0.15, 0.2) is 0 Å². The Labute approximate surface area is 194 Å². The molecule has 0 aliphatic heterocycles. The van der Waals surface area contributed by atoms with E-state index in [0.29, 0.717) is 0 Å². The van der Waals surface area contributed by atoms with Crippen LogP contribution in [0.2, 0.25) is 0 Å². The molecule has 0 saturated carbocycles. The molecule has 0 radical (unpaired) electrons. The maximum Gasteiger partial charge on any atom is 2.00 e. The van der Waals surface area contributed by atoms with Crippen LogP contribution in [0.1, 0.15) is 42.5 Å². The van der Waals surface area contributed by atoms with Crippen LogP contribution in [0.3, 0.4) is 0 Å². The smallest absolute Gasteiger partial charge is 1.00 e. The van der Waals surface area contributed by atoms with Crippen molar-refractivity contribution in [1.82, 2.24) is 0 Å². The summed E-state index contributed by atoms with van der Waals surface area (Å²) in [4.78, 5) is 0. The average Bonchev–Trinajstić information content (AvgIpc) is 2.39. The number of rotatable bonds is 13. The van der Waals surface area contributed by atoms with E-state index in [1.54, 1.807) is 13.8 Å². The van der Waals surface area contributed by atoms with Crippen LogP contribution in [0.15, 0.2) is 0 Å². The minimum atomic E-state index is -3.32. The number of ether oxygens (including phenoxy) is 1. The van der Waals surface area contributed by atoms with Gasteiger partial charge in [0.2, 0.25) is 0 Å². The van der Waals surface area contributed by atoms with Gasteiger partial charge in [0.25, 0.3) is 0 Å². The average molecular weight is 526 g/mol. The van der Waals surface area contributed by atoms with Crippen molar-refractivity contribution in [1.29, 1.82) is 0 Å². The zero-order valence-electron chi connectivity index (χ0n) is 17.6. The summed E-state index contributed by atoms with van der Waals surface area (Å²) in [5.41, 5.74) is 0. The summed E-state index contributed by atoms with van der Waals surface area (Å²) in [6.07, 6.45) is -0.379. The molecule has 0 N–H and O–H groups in total. The topological polar surface area (TPSA) is 80.3 Å². The molecule has 0 aromatic heterocycles. The van der Waals surface area contributed by atoms with Crippen molar-refractivity contribution >= 4 is 64.1 Å². The molecule has 0 aliphatic rings. The predicted molar refractivity (Wildman–Crippen MR) is 103 cm³/mol. The van der Waals surface area contributed by atoms with Gasteiger partial charge in [0, 0.05) is 13.3 Å². The molecule has 0 heterocycles. The van der Waals surface area contributed by atoms with E-state index in [9.17, 15) is 9.13 Å². The Kier molecular flexibility index (Phi) is 16.2. The zero-order valence-corrected chi connectivity index (χ0v) is 22.8. The molecular formula is C15H34BaO7P2. The van der Waals surface area contributed by atoms with Gasteiger partial charge in [-0.2, -0.15) is 0 Å². The molecule has 0 aromatic rings. The molecule has 4 atom stereocenters. The SMILES string of the molecule is [Ba+2].[CH2-]C(COP(C)(=O)OC(C)C)OP(C)(=O)OCC(CC)OC(C)C.[H-]. The van der Waals surface area contributed by atoms with E-state index in [1.165, 1.54) is 13.3 Å². The molecule has 0 amide bonds. The fraction of sp³-hybridized carbons (Fsp3) is 0.933. The van der Waals surface area contributed by atoms with Crippen LogP contribution >= 0.6 is 15.2 Å². The van der Waals surface area contributed by atoms with Gasteiger partial charge < -0.3 is 31.2 Å². The van der Waals surface area contributed by atoms with E-state index in [2.05, 4.69) is 6.92 Å². The Bertz CT molecular complexity index is 452. The molecular weight excluding hydrogens is 491 g/mol. The normalized spacial score (nSPS) is 19.1. The van der Waals surface area contributed by atoms with Crippen molar-refractivity contribution in [3.8, 4) is 0 Å². The second kappa shape index (κ2) is 13.9. The Morgan fingerprint density at radius 1 is 0.920 bits per heavy atom. The van der Waals surface area contributed by atoms with Crippen molar-refractivity contribution in [3.63, 3.8) is 0 Å². The summed E-state index contributed by atoms with van der Waals surface area (Å²) in [7, 11) is -6.51. The molecule has 148 valence electrons. The van der Waals surface area contributed by atoms with Crippen LogP contribution in [-0.2, 0) is 32.0 Å². The van der Waals surface area contributed by atoms with Crippen molar-refractivity contribution in [2.24, 2.45) is 0 Å². The first-order valence-corrected chi connectivity index (χ1v) is 12.1. The summed E-state index contributed by atoms with van der Waals surface area (Å²) in [6, 6.07) is 0. The van der Waals surface area contributed by atoms with Gasteiger partial charge in [0.1, 0.15) is 0 Å². The summed E-state index contributed by atoms with van der Waals surface area (Å²) >= 11 is 0. The molecule has 25 heavy (non-hydrogen) atoms. The third-order valence-corrected chi connectivity index (χ3v) is 5.37. The van der Waals surface area contributed by atoms with Gasteiger partial charge in [-0.05, 0) is 40.2 Å². The van der Waals surface area contributed by atoms with Crippen LogP contribution in [0.4, 0.5) is 0 Å². The van der Waals surface area contributed by atoms with E-state index >= 15 is 0 Å². The number of hydrogen-bond acceptors (Lipinski definition) is 7. The van der Waals surface area contributed by atoms with Crippen LogP contribution in [0.5, 0.6) is 0 Å². The van der Waals surface area contributed by atoms with Gasteiger partial charge in [-0.15, -0.1) is 0 Å². The van der Waals surface area contributed by atoms with Gasteiger partial charge in [-0.3, -0.25) is 9.13 Å². The first-order chi connectivity index (χ1) is 10.9. The molecule has 10 heteroatoms. The Balaban J connectivity index is -0.00000264. The van der Waals surface area contributed by atoms with Gasteiger partial charge >= 0.3 is 64.1 Å². The third kappa shape index (κ3) is 16.5. The zero-order chi connectivity index (χ0) is 19.0. The van der Waals surface area contributed by atoms with Gasteiger partial charge in [-0.25, -0.2) is 0 Å². The summed E-state index contributed by atoms with van der Waals surface area (Å²) < 4.78 is 51.0. The first kappa shape index (κ1) is 29.0. The minimum Gasteiger partial charge on any atom is -1.00 e. The minimum absolute atomic E-state index is 0. The Morgan fingerprint density at radius 3 is 1.84 bits per heavy atom. The second-order valence-electron chi connectivity index (χ2n) is 6.23. The molecule has 0 aromatic carbocycles. The van der Waals surface area contributed by atoms with Crippen molar-refractivity contribution in [2.75, 3.05) is 26.5 Å². The fourth-order valence-corrected chi connectivity index (χ4v) is 4.18. The largest absolute Gasteiger partial charge is 2.00 e. The van der Waals surface area contributed by atoms with Gasteiger partial charge in [-0.1, -0.05) is 6.92 Å². The quantitative estimate of drug-likeness (QED) is 0.202. The van der Waals surface area contributed by atoms with Crippen LogP contribution in [0, 0.1) is 6.92 Å². The molecule has 0 aliphatic carbocycles. The number of hydrogen-bond donors (Lipinski definition) is 0. The fourth-order valence-electron chi connectivity index (χ4n) is 1.82. The Hall–Kier alpha value is 1.83. The van der Waals surface area contributed by atoms with Crippen LogP contribution in [0.25, 0.3) is 0 Å². The van der Waals surface area contributed by atoms with Crippen LogP contribution < -0.4 is 0 Å². The maximum atomic E-state index is 12.3. The summed E-state index contributed by atoms with van der Waals surface area (Å²) in [6.45, 7) is 15.8. The molecule has 0 saturated heterocycles. The third-order valence-electron chi connectivity index (χ3n) is 2.65. The van der Waals surface area contributed by atoms with E-state index in [1.807, 2.05) is 20.8 Å². The molecule has 0 fully saturated rings. The second-order valence-corrected chi connectivity index (χ2v) is 10.3. The summed E-state index contributed by atoms with van der Waals surface area (Å²) in [5, 5.41) is 0. The Morgan fingerprint density at radius 2 is 1.40 bits per heavy atom. The van der Waals surface area contributed by atoms with Gasteiger partial charge in [0.05, 0.1) is 31.5 Å². The van der Waals surface area contributed by atoms with E-state index in [0.717, 1.165) is 6.42 Å². The molecule has 0 spiro atoms. The maximum absolute atomic E-state index is 12.3. The van der Waals surface area contributed by atoms with E-state index in [4.69, 9.17) is 22.8 Å². The molecule has 0 bridgehead atoms.